The van der Waals surface area contributed by atoms with E-state index in [1.54, 1.807) is 0 Å². The van der Waals surface area contributed by atoms with Crippen molar-refractivity contribution in [1.82, 2.24) is 35.5 Å². The lowest BCUT2D eigenvalue weighted by molar-refractivity contribution is -0.821. The zero-order valence-electron chi connectivity index (χ0n) is 43.1. The Morgan fingerprint density at radius 3 is 1.53 bits per heavy atom. The van der Waals surface area contributed by atoms with Crippen LogP contribution in [0.15, 0.2) is 97.8 Å². The molecule has 72 heavy (non-hydrogen) atoms. The van der Waals surface area contributed by atoms with E-state index >= 15 is 0 Å². The second-order valence-corrected chi connectivity index (χ2v) is 19.5. The minimum Gasteiger partial charge on any atom is -0.509 e. The van der Waals surface area contributed by atoms with Gasteiger partial charge in [-0.15, -0.1) is 0 Å². The van der Waals surface area contributed by atoms with Crippen LogP contribution < -0.4 is 10.6 Å². The van der Waals surface area contributed by atoms with Crippen molar-refractivity contribution >= 4 is 37.2 Å². The van der Waals surface area contributed by atoms with Crippen molar-refractivity contribution in [2.45, 2.75) is 104 Å². The Bertz CT molecular complexity index is 2190. The van der Waals surface area contributed by atoms with Crippen molar-refractivity contribution in [2.24, 2.45) is 11.8 Å². The highest BCUT2D eigenvalue weighted by Crippen LogP contribution is 2.46. The molecule has 2 aromatic heterocycles. The van der Waals surface area contributed by atoms with Gasteiger partial charge in [-0.25, -0.2) is 9.97 Å². The first kappa shape index (κ1) is 59.3. The third-order valence-electron chi connectivity index (χ3n) is 13.5. The summed E-state index contributed by atoms with van der Waals surface area (Å²) in [5.41, 5.74) is 2.20. The molecule has 4 atom stereocenters. The predicted octanol–water partition coefficient (Wildman–Crippen LogP) is 3.99. The lowest BCUT2D eigenvalue weighted by Gasteiger charge is -2.50. The molecule has 2 saturated heterocycles. The van der Waals surface area contributed by atoms with Crippen molar-refractivity contribution in [1.29, 1.82) is 0 Å². The van der Waals surface area contributed by atoms with Crippen molar-refractivity contribution in [3.8, 4) is 0 Å². The standard InChI is InChI=1S/C26H37BN4O4.C20H26BN3O4.C6H15NO2/c1-4-31-12-14-34-27(31,35-15-13-31)22(16-20(2)3)18-25(32)23(17-21-8-6-5-7-9-21)30-26(33)24-19-28-10-11-29-24;1-14(2)10-16(21(27)28)12-19(25)17(11-15-6-4-3-5-7-15)24-20(26)18-13-22-8-9-23-18;1-2-7(3-5-8)4-6-9/h5-11,19-20,22-23H,4,12-18H2,1-3H3,(H,30,33);3-9,13-14,16-17,27-28H,10-12H2,1-2H3,(H,24,26);8-9H,2-6H2,1H3/t22-,23+,27?,31?;16-,17+;/m11./s1. The Labute approximate surface area is 426 Å². The molecule has 0 bridgehead atoms. The summed E-state index contributed by atoms with van der Waals surface area (Å²) < 4.78 is 13.7. The van der Waals surface area contributed by atoms with E-state index in [1.165, 1.54) is 37.2 Å². The highest BCUT2D eigenvalue weighted by atomic mass is 16.6. The summed E-state index contributed by atoms with van der Waals surface area (Å²) >= 11 is 0. The number of aliphatic hydroxyl groups is 2. The third kappa shape index (κ3) is 18.0. The van der Waals surface area contributed by atoms with Gasteiger partial charge in [0.15, 0.2) is 11.6 Å². The highest BCUT2D eigenvalue weighted by molar-refractivity contribution is 6.62. The van der Waals surface area contributed by atoms with Gasteiger partial charge in [-0.1, -0.05) is 102 Å². The van der Waals surface area contributed by atoms with Gasteiger partial charge in [0, 0.05) is 56.7 Å². The molecule has 2 fully saturated rings. The zero-order chi connectivity index (χ0) is 52.5. The molecule has 392 valence electrons. The molecule has 18 nitrogen and oxygen atoms in total. The monoisotopic (exact) mass is 997 g/mol. The number of hydrogen-bond acceptors (Lipinski definition) is 15. The Balaban J connectivity index is 0.000000272. The second kappa shape index (κ2) is 30.7. The number of aromatic nitrogens is 4. The first-order chi connectivity index (χ1) is 34.6. The van der Waals surface area contributed by atoms with E-state index in [-0.39, 0.29) is 54.3 Å². The Morgan fingerprint density at radius 1 is 0.694 bits per heavy atom. The van der Waals surface area contributed by atoms with Gasteiger partial charge < -0.3 is 44.6 Å². The van der Waals surface area contributed by atoms with E-state index in [0.717, 1.165) is 48.1 Å². The third-order valence-corrected chi connectivity index (χ3v) is 13.5. The predicted molar refractivity (Wildman–Crippen MR) is 277 cm³/mol. The average Bonchev–Trinajstić information content (AvgIpc) is 3.94. The number of nitrogens with one attached hydrogen (secondary N) is 2. The normalized spacial score (nSPS) is 18.7. The lowest BCUT2D eigenvalue weighted by atomic mass is 9.51. The highest BCUT2D eigenvalue weighted by Gasteiger charge is 2.62. The zero-order valence-corrected chi connectivity index (χ0v) is 43.1. The summed E-state index contributed by atoms with van der Waals surface area (Å²) in [6.07, 6.45) is 10.9. The molecule has 20 heteroatoms. The van der Waals surface area contributed by atoms with Crippen molar-refractivity contribution in [3.05, 3.63) is 120 Å². The molecular weight excluding hydrogens is 918 g/mol. The minimum absolute atomic E-state index is 0.00630. The van der Waals surface area contributed by atoms with Gasteiger partial charge in [-0.05, 0) is 67.9 Å². The number of likely N-dealkylation sites (N-methyl/N-ethyl adjacent to an activating group) is 2. The number of aliphatic hydroxyl groups excluding tert-OH is 2. The first-order valence-electron chi connectivity index (χ1n) is 25.5. The van der Waals surface area contributed by atoms with E-state index in [1.807, 2.05) is 86.3 Å². The van der Waals surface area contributed by atoms with Gasteiger partial charge in [0.1, 0.15) is 11.4 Å². The van der Waals surface area contributed by atoms with Crippen LogP contribution in [0.2, 0.25) is 11.6 Å². The van der Waals surface area contributed by atoms with E-state index in [4.69, 9.17) is 19.5 Å². The van der Waals surface area contributed by atoms with Gasteiger partial charge >= 0.3 is 13.8 Å². The maximum Gasteiger partial charge on any atom is 0.476 e. The van der Waals surface area contributed by atoms with Crippen LogP contribution in [0.3, 0.4) is 0 Å². The Hall–Kier alpha value is -5.31. The van der Waals surface area contributed by atoms with Crippen LogP contribution in [0, 0.1) is 11.8 Å². The molecule has 0 spiro atoms. The molecular formula is C52H78B2N8O10. The number of rotatable bonds is 26. The van der Waals surface area contributed by atoms with Crippen LogP contribution in [0.4, 0.5) is 0 Å². The number of amides is 2. The van der Waals surface area contributed by atoms with E-state index < -0.39 is 43.5 Å². The number of benzene rings is 2. The molecule has 0 radical (unpaired) electrons. The van der Waals surface area contributed by atoms with Crippen molar-refractivity contribution in [2.75, 3.05) is 65.7 Å². The fourth-order valence-corrected chi connectivity index (χ4v) is 9.86. The number of carbonyl (C=O) groups excluding carboxylic acids is 4. The Morgan fingerprint density at radius 2 is 1.15 bits per heavy atom. The van der Waals surface area contributed by atoms with Crippen LogP contribution in [0.25, 0.3) is 0 Å². The maximum absolute atomic E-state index is 13.9. The molecule has 6 N–H and O–H groups in total. The molecule has 2 amide bonds. The van der Waals surface area contributed by atoms with Crippen LogP contribution in [0.5, 0.6) is 0 Å². The molecule has 4 heterocycles. The molecule has 4 aromatic rings. The smallest absolute Gasteiger partial charge is 0.476 e. The Kier molecular flexibility index (Phi) is 25.2. The lowest BCUT2D eigenvalue weighted by Crippen LogP contribution is -2.65. The molecule has 2 aliphatic rings. The number of Topliss-reactive ketones (excluding diaryl/α,β-unsaturated/α-hetero) is 2. The summed E-state index contributed by atoms with van der Waals surface area (Å²) in [4.78, 5) is 70.1. The van der Waals surface area contributed by atoms with E-state index in [9.17, 15) is 29.2 Å². The molecule has 0 aliphatic carbocycles. The van der Waals surface area contributed by atoms with Crippen LogP contribution in [0.1, 0.15) is 99.3 Å². The molecule has 6 rings (SSSR count). The summed E-state index contributed by atoms with van der Waals surface area (Å²) in [5.74, 6) is -1.18. The second-order valence-electron chi connectivity index (χ2n) is 19.5. The van der Waals surface area contributed by atoms with Crippen LogP contribution in [-0.2, 0) is 31.7 Å². The number of hydrogen-bond donors (Lipinski definition) is 6. The van der Waals surface area contributed by atoms with Crippen LogP contribution in [-0.4, -0.2) is 164 Å². The summed E-state index contributed by atoms with van der Waals surface area (Å²) in [7, 11) is -1.58. The number of carbonyl (C=O) groups is 4. The van der Waals surface area contributed by atoms with E-state index in [2.05, 4.69) is 51.3 Å². The summed E-state index contributed by atoms with van der Waals surface area (Å²) in [6.45, 7) is 17.5. The molecule has 2 aromatic carbocycles. The molecule has 2 aliphatic heterocycles. The quantitative estimate of drug-likeness (QED) is 0.0487. The van der Waals surface area contributed by atoms with Gasteiger partial charge in [0.25, 0.3) is 11.8 Å². The number of ketones is 2. The fraction of sp³-hybridized carbons (Fsp3) is 0.538. The number of quaternary nitrogens is 1. The number of nitrogens with zero attached hydrogens (tertiary/aromatic N) is 6. The summed E-state index contributed by atoms with van der Waals surface area (Å²) in [6, 6.07) is 17.6. The van der Waals surface area contributed by atoms with Gasteiger partial charge in [0.2, 0.25) is 0 Å². The maximum atomic E-state index is 13.9. The molecule has 0 saturated carbocycles. The van der Waals surface area contributed by atoms with Crippen molar-refractivity contribution < 1.29 is 53.1 Å². The topological polar surface area (TPSA) is 247 Å². The van der Waals surface area contributed by atoms with Gasteiger partial charge in [-0.3, -0.25) is 34.0 Å². The van der Waals surface area contributed by atoms with Gasteiger partial charge in [0.05, 0.1) is 64.0 Å². The SMILES string of the molecule is CC(C)C[C@H](CC(=O)[C@H](Cc1ccccc1)NC(=O)c1cnccn1)B(O)O.CCN(CCO)CCO.CC[N+]12CCO[B-]1([C@@H](CC(=O)[C@H](Cc1ccccc1)NC(=O)c1cnccn1)CC(C)C)OCC2. The number of fused-ring (bicyclic) bond motifs is 1. The van der Waals surface area contributed by atoms with Gasteiger partial charge in [-0.2, -0.15) is 0 Å². The molecule has 0 unspecified atom stereocenters. The average molecular weight is 997 g/mol. The van der Waals surface area contributed by atoms with E-state index in [0.29, 0.717) is 57.9 Å². The van der Waals surface area contributed by atoms with Crippen LogP contribution >= 0.6 is 0 Å². The fourth-order valence-electron chi connectivity index (χ4n) is 9.86. The first-order valence-corrected chi connectivity index (χ1v) is 25.5. The minimum atomic E-state index is -1.63. The summed E-state index contributed by atoms with van der Waals surface area (Å²) in [5, 5.41) is 41.9. The largest absolute Gasteiger partial charge is 0.509 e. The van der Waals surface area contributed by atoms with Crippen molar-refractivity contribution in [3.63, 3.8) is 0 Å².